The normalized spacial score (nSPS) is 14.6. The summed E-state index contributed by atoms with van der Waals surface area (Å²) >= 11 is 1.21. The Labute approximate surface area is 169 Å². The van der Waals surface area contributed by atoms with Crippen LogP contribution in [0.5, 0.6) is 0 Å². The van der Waals surface area contributed by atoms with Crippen LogP contribution in [-0.4, -0.2) is 50.2 Å². The maximum atomic E-state index is 12.2. The number of benzene rings is 1. The fourth-order valence-corrected chi connectivity index (χ4v) is 3.97. The predicted molar refractivity (Wildman–Crippen MR) is 107 cm³/mol. The summed E-state index contributed by atoms with van der Waals surface area (Å²) in [6, 6.07) is 7.83. The minimum atomic E-state index is -0.225. The number of nitrogens with one attached hydrogen (secondary N) is 2. The van der Waals surface area contributed by atoms with Crippen LogP contribution in [0.3, 0.4) is 0 Å². The van der Waals surface area contributed by atoms with Crippen LogP contribution in [0, 0.1) is 0 Å². The molecule has 2 N–H and O–H groups in total. The zero-order valence-corrected chi connectivity index (χ0v) is 16.4. The number of piperidine rings is 1. The van der Waals surface area contributed by atoms with E-state index in [-0.39, 0.29) is 11.7 Å². The van der Waals surface area contributed by atoms with Gasteiger partial charge in [-0.05, 0) is 25.3 Å². The van der Waals surface area contributed by atoms with Gasteiger partial charge < -0.3 is 4.98 Å². The highest BCUT2D eigenvalue weighted by Gasteiger charge is 2.23. The lowest BCUT2D eigenvalue weighted by Gasteiger charge is -2.17. The molecule has 5 rings (SSSR count). The molecule has 10 nitrogen and oxygen atoms in total. The Morgan fingerprint density at radius 3 is 3.00 bits per heavy atom. The molecule has 3 aromatic heterocycles. The molecule has 148 valence electrons. The summed E-state index contributed by atoms with van der Waals surface area (Å²) in [6.07, 6.45) is 5.18. The van der Waals surface area contributed by atoms with Gasteiger partial charge in [0.2, 0.25) is 16.3 Å². The lowest BCUT2D eigenvalue weighted by Crippen LogP contribution is -2.60. The first kappa shape index (κ1) is 17.9. The average Bonchev–Trinajstić information content (AvgIpc) is 3.37. The third-order valence-electron chi connectivity index (χ3n) is 4.78. The molecule has 0 spiro atoms. The number of nitrogens with zero attached hydrogens (tertiary/aromatic N) is 6. The third kappa shape index (κ3) is 3.73. The molecule has 1 amide bonds. The van der Waals surface area contributed by atoms with Gasteiger partial charge in [0, 0.05) is 10.9 Å². The number of hydrogen-bond donors (Lipinski definition) is 2. The Kier molecular flexibility index (Phi) is 4.72. The Balaban J connectivity index is 1.21. The van der Waals surface area contributed by atoms with Gasteiger partial charge in [-0.25, -0.2) is 4.98 Å². The van der Waals surface area contributed by atoms with E-state index in [0.29, 0.717) is 16.7 Å². The molecule has 4 aromatic rings. The van der Waals surface area contributed by atoms with E-state index in [9.17, 15) is 4.79 Å². The van der Waals surface area contributed by atoms with Gasteiger partial charge in [0.25, 0.3) is 6.20 Å². The van der Waals surface area contributed by atoms with E-state index < -0.39 is 0 Å². The molecule has 0 atom stereocenters. The van der Waals surface area contributed by atoms with Crippen LogP contribution >= 0.6 is 11.8 Å². The van der Waals surface area contributed by atoms with Crippen LogP contribution in [0.1, 0.15) is 19.3 Å². The molecule has 0 unspecified atom stereocenters. The summed E-state index contributed by atoms with van der Waals surface area (Å²) in [4.78, 5) is 21.6. The highest BCUT2D eigenvalue weighted by Crippen LogP contribution is 2.23. The molecule has 0 saturated carbocycles. The van der Waals surface area contributed by atoms with Crippen LogP contribution in [0.25, 0.3) is 22.1 Å². The minimum Gasteiger partial charge on any atom is -0.338 e. The summed E-state index contributed by atoms with van der Waals surface area (Å²) in [5.74, 6) is 0.223. The maximum absolute atomic E-state index is 12.2. The Bertz CT molecular complexity index is 1170. The van der Waals surface area contributed by atoms with Gasteiger partial charge in [-0.2, -0.15) is 5.01 Å². The van der Waals surface area contributed by atoms with Crippen LogP contribution < -0.4 is 15.1 Å². The second kappa shape index (κ2) is 7.66. The zero-order chi connectivity index (χ0) is 19.6. The predicted octanol–water partition coefficient (Wildman–Crippen LogP) is 1.63. The van der Waals surface area contributed by atoms with Crippen molar-refractivity contribution in [3.8, 4) is 0 Å². The molecule has 1 aliphatic rings. The zero-order valence-electron chi connectivity index (χ0n) is 15.5. The fourth-order valence-electron chi connectivity index (χ4n) is 3.38. The quantitative estimate of drug-likeness (QED) is 0.376. The second-order valence-corrected chi connectivity index (χ2v) is 7.74. The fraction of sp³-hybridized carbons (Fsp3) is 0.333. The SMILES string of the molecule is O=C(CSc1nnc2c(n1)[nH]c1ccccc12)Nc1c[n+](N2CCCCC2)no1. The lowest BCUT2D eigenvalue weighted by atomic mass is 10.2. The molecular formula is C18H19N8O2S+. The van der Waals surface area contributed by atoms with Crippen molar-refractivity contribution in [2.45, 2.75) is 24.4 Å². The lowest BCUT2D eigenvalue weighted by molar-refractivity contribution is -0.759. The van der Waals surface area contributed by atoms with Crippen molar-refractivity contribution in [2.24, 2.45) is 0 Å². The summed E-state index contributed by atoms with van der Waals surface area (Å²) in [5.41, 5.74) is 2.33. The molecule has 0 radical (unpaired) electrons. The highest BCUT2D eigenvalue weighted by atomic mass is 32.2. The van der Waals surface area contributed by atoms with Gasteiger partial charge in [0.1, 0.15) is 5.52 Å². The number of amides is 1. The number of para-hydroxylation sites is 1. The van der Waals surface area contributed by atoms with Gasteiger partial charge in [0.05, 0.1) is 23.6 Å². The Morgan fingerprint density at radius 1 is 1.24 bits per heavy atom. The van der Waals surface area contributed by atoms with Crippen molar-refractivity contribution < 1.29 is 14.1 Å². The van der Waals surface area contributed by atoms with Crippen molar-refractivity contribution in [3.05, 3.63) is 30.5 Å². The van der Waals surface area contributed by atoms with E-state index in [0.717, 1.165) is 42.4 Å². The van der Waals surface area contributed by atoms with E-state index in [4.69, 9.17) is 4.52 Å². The number of aromatic amines is 1. The second-order valence-electron chi connectivity index (χ2n) is 6.80. The van der Waals surface area contributed by atoms with Gasteiger partial charge in [-0.1, -0.05) is 30.0 Å². The van der Waals surface area contributed by atoms with Crippen LogP contribution in [0.4, 0.5) is 5.88 Å². The molecular weight excluding hydrogens is 392 g/mol. The summed E-state index contributed by atoms with van der Waals surface area (Å²) in [7, 11) is 0. The number of fused-ring (bicyclic) bond motifs is 3. The summed E-state index contributed by atoms with van der Waals surface area (Å²) in [6.45, 7) is 1.86. The Morgan fingerprint density at radius 2 is 2.10 bits per heavy atom. The molecule has 29 heavy (non-hydrogen) atoms. The third-order valence-corrected chi connectivity index (χ3v) is 5.61. The van der Waals surface area contributed by atoms with Crippen molar-refractivity contribution >= 4 is 45.6 Å². The van der Waals surface area contributed by atoms with Crippen molar-refractivity contribution in [1.29, 1.82) is 0 Å². The van der Waals surface area contributed by atoms with Crippen molar-refractivity contribution in [3.63, 3.8) is 0 Å². The molecule has 0 bridgehead atoms. The standard InChI is InChI=1S/C18H18N8O2S/c27-14(20-15-10-26(24-28-15)25-8-4-1-5-9-25)11-29-18-21-17-16(22-23-18)12-6-2-3-7-13(12)19-17/h2-3,6-7,10H,1,4-5,8-9,11H2,(H-,19,20,21,22,23,24,27)/p+1. The summed E-state index contributed by atoms with van der Waals surface area (Å²) < 4.78 is 5.21. The van der Waals surface area contributed by atoms with Crippen LogP contribution in [0.15, 0.2) is 40.1 Å². The summed E-state index contributed by atoms with van der Waals surface area (Å²) in [5, 5.41) is 18.6. The number of thioether (sulfide) groups is 1. The van der Waals surface area contributed by atoms with E-state index in [1.54, 1.807) is 11.0 Å². The molecule has 0 aliphatic carbocycles. The van der Waals surface area contributed by atoms with Crippen molar-refractivity contribution in [1.82, 2.24) is 25.4 Å². The Hall–Kier alpha value is -3.21. The number of H-pyrrole nitrogens is 1. The van der Waals surface area contributed by atoms with Gasteiger partial charge in [0.15, 0.2) is 5.65 Å². The number of aromatic nitrogens is 6. The first-order valence-electron chi connectivity index (χ1n) is 9.44. The molecule has 11 heteroatoms. The number of carbonyl (C=O) groups is 1. The monoisotopic (exact) mass is 411 g/mol. The first-order valence-corrected chi connectivity index (χ1v) is 10.4. The molecule has 1 saturated heterocycles. The van der Waals surface area contributed by atoms with Gasteiger partial charge in [-0.3, -0.25) is 14.6 Å². The van der Waals surface area contributed by atoms with E-state index in [1.165, 1.54) is 18.2 Å². The van der Waals surface area contributed by atoms with Crippen LogP contribution in [-0.2, 0) is 4.79 Å². The number of rotatable bonds is 5. The number of carbonyl (C=O) groups excluding carboxylic acids is 1. The maximum Gasteiger partial charge on any atom is 0.305 e. The molecule has 1 aromatic carbocycles. The molecule has 4 heterocycles. The molecule has 1 aliphatic heterocycles. The highest BCUT2D eigenvalue weighted by molar-refractivity contribution is 7.99. The van der Waals surface area contributed by atoms with E-state index in [1.807, 2.05) is 24.3 Å². The smallest absolute Gasteiger partial charge is 0.305 e. The first-order chi connectivity index (χ1) is 14.3. The van der Waals surface area contributed by atoms with E-state index >= 15 is 0 Å². The van der Waals surface area contributed by atoms with Crippen LogP contribution in [0.2, 0.25) is 0 Å². The molecule has 1 fully saturated rings. The van der Waals surface area contributed by atoms with Crippen molar-refractivity contribution in [2.75, 3.05) is 29.2 Å². The van der Waals surface area contributed by atoms with Gasteiger partial charge >= 0.3 is 5.88 Å². The van der Waals surface area contributed by atoms with E-state index in [2.05, 4.69) is 35.8 Å². The topological polar surface area (TPSA) is 117 Å². The average molecular weight is 411 g/mol. The minimum absolute atomic E-state index is 0.137. The number of hydrogen-bond acceptors (Lipinski definition) is 8. The largest absolute Gasteiger partial charge is 0.338 e. The number of anilines is 1. The van der Waals surface area contributed by atoms with Gasteiger partial charge in [-0.15, -0.1) is 10.2 Å².